The van der Waals surface area contributed by atoms with Crippen LogP contribution in [-0.2, 0) is 14.3 Å². The Morgan fingerprint density at radius 1 is 0.909 bits per heavy atom. The second-order valence-corrected chi connectivity index (χ2v) is 9.17. The largest absolute Gasteiger partial charge is 0.454 e. The molecular formula is C22H18Cl4N2O5. The molecule has 7 nitrogen and oxygen atoms in total. The second kappa shape index (κ2) is 10.3. The highest BCUT2D eigenvalue weighted by molar-refractivity contribution is 6.55. The number of rotatable bonds is 7. The minimum Gasteiger partial charge on any atom is -0.454 e. The fourth-order valence-corrected chi connectivity index (χ4v) is 4.37. The number of fused-ring (bicyclic) bond motifs is 1. The van der Waals surface area contributed by atoms with E-state index in [1.807, 2.05) is 0 Å². The van der Waals surface area contributed by atoms with Crippen LogP contribution in [0.3, 0.4) is 0 Å². The first-order chi connectivity index (χ1) is 15.5. The van der Waals surface area contributed by atoms with Crippen molar-refractivity contribution in [1.29, 1.82) is 0 Å². The summed E-state index contributed by atoms with van der Waals surface area (Å²) in [7, 11) is 0. The molecule has 3 rings (SSSR count). The van der Waals surface area contributed by atoms with Crippen molar-refractivity contribution in [2.24, 2.45) is 5.92 Å². The second-order valence-electron chi connectivity index (χ2n) is 7.65. The molecule has 0 saturated heterocycles. The number of carbonyl (C=O) groups excluding carboxylic acids is 4. The van der Waals surface area contributed by atoms with Gasteiger partial charge in [-0.15, -0.1) is 0 Å². The van der Waals surface area contributed by atoms with Crippen LogP contribution in [0.15, 0.2) is 30.3 Å². The standard InChI is InChI=1S/C22H18Cl4N2O5/c1-10(2)8-12(22(32)33-9-13(29)27-11-6-4-3-5-7-11)28-20(30)14-15(21(28)31)17(24)19(26)18(25)16(14)23/h3-7,10,12H,8-9H2,1-2H3,(H,27,29)/t12-/m1/s1. The van der Waals surface area contributed by atoms with Crippen molar-refractivity contribution >= 4 is 75.8 Å². The van der Waals surface area contributed by atoms with Gasteiger partial charge in [0, 0.05) is 5.69 Å². The minimum absolute atomic E-state index is 0.0846. The number of ether oxygens (including phenoxy) is 1. The van der Waals surface area contributed by atoms with Gasteiger partial charge in [-0.25, -0.2) is 4.79 Å². The average Bonchev–Trinajstić information content (AvgIpc) is 3.03. The summed E-state index contributed by atoms with van der Waals surface area (Å²) in [5.74, 6) is -3.31. The SMILES string of the molecule is CC(C)C[C@H](C(=O)OCC(=O)Nc1ccccc1)N1C(=O)c2c(Cl)c(Cl)c(Cl)c(Cl)c2C1=O. The number of para-hydroxylation sites is 1. The molecule has 0 spiro atoms. The first-order valence-electron chi connectivity index (χ1n) is 9.79. The Balaban J connectivity index is 1.84. The van der Waals surface area contributed by atoms with E-state index < -0.39 is 36.3 Å². The zero-order chi connectivity index (χ0) is 24.4. The summed E-state index contributed by atoms with van der Waals surface area (Å²) in [5, 5.41) is 1.76. The van der Waals surface area contributed by atoms with E-state index in [-0.39, 0.29) is 43.6 Å². The van der Waals surface area contributed by atoms with Gasteiger partial charge >= 0.3 is 5.97 Å². The van der Waals surface area contributed by atoms with Gasteiger partial charge in [0.15, 0.2) is 6.61 Å². The molecule has 0 fully saturated rings. The van der Waals surface area contributed by atoms with Crippen LogP contribution in [0.4, 0.5) is 5.69 Å². The Bertz CT molecular complexity index is 1090. The fourth-order valence-electron chi connectivity index (χ4n) is 3.35. The third-order valence-corrected chi connectivity index (χ3v) is 6.62. The molecule has 33 heavy (non-hydrogen) atoms. The highest BCUT2D eigenvalue weighted by Gasteiger charge is 2.47. The Morgan fingerprint density at radius 2 is 1.42 bits per heavy atom. The van der Waals surface area contributed by atoms with Crippen molar-refractivity contribution in [2.75, 3.05) is 11.9 Å². The van der Waals surface area contributed by atoms with Crippen molar-refractivity contribution in [3.63, 3.8) is 0 Å². The van der Waals surface area contributed by atoms with E-state index in [0.717, 1.165) is 4.90 Å². The summed E-state index contributed by atoms with van der Waals surface area (Å²) in [5.41, 5.74) is 0.0598. The number of hydrogen-bond acceptors (Lipinski definition) is 5. The third kappa shape index (κ3) is 5.11. The summed E-state index contributed by atoms with van der Waals surface area (Å²) in [6.07, 6.45) is 0.0846. The van der Waals surface area contributed by atoms with Gasteiger partial charge in [0.05, 0.1) is 31.2 Å². The van der Waals surface area contributed by atoms with Crippen molar-refractivity contribution < 1.29 is 23.9 Å². The van der Waals surface area contributed by atoms with E-state index in [1.165, 1.54) is 0 Å². The van der Waals surface area contributed by atoms with E-state index in [2.05, 4.69) is 5.32 Å². The maximum atomic E-state index is 13.1. The van der Waals surface area contributed by atoms with Crippen LogP contribution in [0.5, 0.6) is 0 Å². The summed E-state index contributed by atoms with van der Waals surface area (Å²) in [6.45, 7) is 2.99. The molecule has 0 aliphatic carbocycles. The summed E-state index contributed by atoms with van der Waals surface area (Å²) >= 11 is 24.4. The van der Waals surface area contributed by atoms with E-state index >= 15 is 0 Å². The van der Waals surface area contributed by atoms with Gasteiger partial charge in [0.25, 0.3) is 17.7 Å². The highest BCUT2D eigenvalue weighted by atomic mass is 35.5. The molecule has 1 aliphatic heterocycles. The van der Waals surface area contributed by atoms with Crippen molar-refractivity contribution in [1.82, 2.24) is 4.90 Å². The third-order valence-electron chi connectivity index (χ3n) is 4.81. The van der Waals surface area contributed by atoms with Gasteiger partial charge in [0.2, 0.25) is 0 Å². The number of amides is 3. The molecule has 1 aliphatic rings. The minimum atomic E-state index is -1.31. The van der Waals surface area contributed by atoms with E-state index in [9.17, 15) is 19.2 Å². The number of nitrogens with one attached hydrogen (secondary N) is 1. The van der Waals surface area contributed by atoms with Gasteiger partial charge in [-0.05, 0) is 24.5 Å². The van der Waals surface area contributed by atoms with Crippen LogP contribution in [0, 0.1) is 5.92 Å². The molecule has 1 atom stereocenters. The Morgan fingerprint density at radius 3 is 1.91 bits per heavy atom. The number of hydrogen-bond donors (Lipinski definition) is 1. The molecule has 174 valence electrons. The molecule has 0 unspecified atom stereocenters. The number of imide groups is 1. The maximum absolute atomic E-state index is 13.1. The van der Waals surface area contributed by atoms with Gasteiger partial charge in [0.1, 0.15) is 6.04 Å². The topological polar surface area (TPSA) is 92.8 Å². The maximum Gasteiger partial charge on any atom is 0.329 e. The van der Waals surface area contributed by atoms with Crippen LogP contribution in [-0.4, -0.2) is 41.2 Å². The molecule has 3 amide bonds. The predicted molar refractivity (Wildman–Crippen MR) is 126 cm³/mol. The lowest BCUT2D eigenvalue weighted by molar-refractivity contribution is -0.151. The number of nitrogens with zero attached hydrogens (tertiary/aromatic N) is 1. The zero-order valence-corrected chi connectivity index (χ0v) is 20.5. The Labute approximate surface area is 209 Å². The van der Waals surface area contributed by atoms with E-state index in [1.54, 1.807) is 44.2 Å². The number of anilines is 1. The monoisotopic (exact) mass is 530 g/mol. The molecule has 0 radical (unpaired) electrons. The molecule has 0 aromatic heterocycles. The predicted octanol–water partition coefficient (Wildman–Crippen LogP) is 5.49. The quantitative estimate of drug-likeness (QED) is 0.220. The molecule has 0 saturated carbocycles. The van der Waals surface area contributed by atoms with Gasteiger partial charge in [-0.3, -0.25) is 19.3 Å². The van der Waals surface area contributed by atoms with Crippen molar-refractivity contribution in [3.8, 4) is 0 Å². The van der Waals surface area contributed by atoms with Crippen LogP contribution in [0.1, 0.15) is 41.0 Å². The summed E-state index contributed by atoms with van der Waals surface area (Å²) < 4.78 is 5.14. The normalized spacial score (nSPS) is 13.8. The van der Waals surface area contributed by atoms with Gasteiger partial charge in [-0.2, -0.15) is 0 Å². The molecule has 0 bridgehead atoms. The molecule has 11 heteroatoms. The first kappa shape index (κ1) is 25.3. The van der Waals surface area contributed by atoms with Crippen LogP contribution >= 0.6 is 46.4 Å². The van der Waals surface area contributed by atoms with Crippen LogP contribution < -0.4 is 5.32 Å². The Hall–Kier alpha value is -2.32. The number of esters is 1. The van der Waals surface area contributed by atoms with Crippen molar-refractivity contribution in [2.45, 2.75) is 26.3 Å². The molecule has 2 aromatic rings. The van der Waals surface area contributed by atoms with Crippen molar-refractivity contribution in [3.05, 3.63) is 61.5 Å². The van der Waals surface area contributed by atoms with Crippen LogP contribution in [0.2, 0.25) is 20.1 Å². The van der Waals surface area contributed by atoms with Gasteiger partial charge in [-0.1, -0.05) is 78.5 Å². The van der Waals surface area contributed by atoms with Gasteiger partial charge < -0.3 is 10.1 Å². The van der Waals surface area contributed by atoms with Crippen LogP contribution in [0.25, 0.3) is 0 Å². The highest BCUT2D eigenvalue weighted by Crippen LogP contribution is 2.45. The lowest BCUT2D eigenvalue weighted by Gasteiger charge is -2.25. The Kier molecular flexibility index (Phi) is 7.90. The zero-order valence-electron chi connectivity index (χ0n) is 17.5. The number of halogens is 4. The lowest BCUT2D eigenvalue weighted by Crippen LogP contribution is -2.47. The number of benzene rings is 2. The first-order valence-corrected chi connectivity index (χ1v) is 11.3. The van der Waals surface area contributed by atoms with E-state index in [4.69, 9.17) is 51.1 Å². The molecular weight excluding hydrogens is 514 g/mol. The smallest absolute Gasteiger partial charge is 0.329 e. The average molecular weight is 532 g/mol. The fraction of sp³-hybridized carbons (Fsp3) is 0.273. The lowest BCUT2D eigenvalue weighted by atomic mass is 10.0. The van der Waals surface area contributed by atoms with E-state index in [0.29, 0.717) is 5.69 Å². The summed E-state index contributed by atoms with van der Waals surface area (Å²) in [6, 6.07) is 7.28. The molecule has 1 heterocycles. The molecule has 1 N–H and O–H groups in total. The summed E-state index contributed by atoms with van der Waals surface area (Å²) in [4.78, 5) is 52.0. The molecule has 2 aromatic carbocycles. The number of carbonyl (C=O) groups is 4.